The molecule has 0 bridgehead atoms. The second-order valence-corrected chi connectivity index (χ2v) is 4.88. The average molecular weight is 238 g/mol. The van der Waals surface area contributed by atoms with E-state index in [-0.39, 0.29) is 0 Å². The maximum Gasteiger partial charge on any atom is 0.0719 e. The van der Waals surface area contributed by atoms with Crippen LogP contribution in [0, 0.1) is 5.92 Å². The number of likely N-dealkylation sites (N-methyl/N-ethyl adjacent to an activating group) is 1. The molecule has 2 rings (SSSR count). The van der Waals surface area contributed by atoms with E-state index in [0.29, 0.717) is 5.92 Å². The molecule has 1 aliphatic heterocycles. The Hall–Kier alpha value is -1.07. The number of nitrogens with zero attached hydrogens (tertiary/aromatic N) is 3. The van der Waals surface area contributed by atoms with Crippen molar-refractivity contribution in [2.45, 2.75) is 19.4 Å². The topological polar surface area (TPSA) is 56.3 Å². The lowest BCUT2D eigenvalue weighted by Gasteiger charge is -2.26. The van der Waals surface area contributed by atoms with E-state index in [4.69, 9.17) is 10.5 Å². The van der Waals surface area contributed by atoms with E-state index in [0.717, 1.165) is 38.5 Å². The lowest BCUT2D eigenvalue weighted by Crippen LogP contribution is -2.32. The fraction of sp³-hybridized carbons (Fsp3) is 0.750. The van der Waals surface area contributed by atoms with E-state index in [1.807, 2.05) is 10.9 Å². The first-order chi connectivity index (χ1) is 8.24. The first-order valence-corrected chi connectivity index (χ1v) is 6.28. The molecule has 1 aliphatic rings. The van der Waals surface area contributed by atoms with Crippen molar-refractivity contribution in [3.63, 3.8) is 0 Å². The van der Waals surface area contributed by atoms with E-state index in [9.17, 15) is 0 Å². The minimum atomic E-state index is 0.691. The largest absolute Gasteiger partial charge is 0.396 e. The van der Waals surface area contributed by atoms with Gasteiger partial charge in [-0.3, -0.25) is 4.68 Å². The van der Waals surface area contributed by atoms with Gasteiger partial charge in [-0.15, -0.1) is 0 Å². The van der Waals surface area contributed by atoms with Crippen molar-refractivity contribution in [2.24, 2.45) is 5.92 Å². The van der Waals surface area contributed by atoms with Crippen molar-refractivity contribution in [2.75, 3.05) is 39.1 Å². The lowest BCUT2D eigenvalue weighted by atomic mass is 10.0. The molecule has 0 amide bonds. The lowest BCUT2D eigenvalue weighted by molar-refractivity contribution is 0.0416. The van der Waals surface area contributed by atoms with Crippen LogP contribution in [-0.2, 0) is 11.3 Å². The second-order valence-electron chi connectivity index (χ2n) is 4.88. The first-order valence-electron chi connectivity index (χ1n) is 6.28. The maximum atomic E-state index is 5.62. The van der Waals surface area contributed by atoms with Crippen molar-refractivity contribution in [1.82, 2.24) is 14.7 Å². The Morgan fingerprint density at radius 1 is 1.65 bits per heavy atom. The molecule has 2 heterocycles. The molecular formula is C12H22N4O. The molecule has 96 valence electrons. The summed E-state index contributed by atoms with van der Waals surface area (Å²) < 4.78 is 7.38. The number of ether oxygens (including phenoxy) is 1. The Balaban J connectivity index is 1.68. The summed E-state index contributed by atoms with van der Waals surface area (Å²) in [7, 11) is 2.15. The summed E-state index contributed by atoms with van der Waals surface area (Å²) >= 11 is 0. The van der Waals surface area contributed by atoms with Crippen LogP contribution in [0.1, 0.15) is 12.8 Å². The van der Waals surface area contributed by atoms with Gasteiger partial charge >= 0.3 is 0 Å². The molecule has 0 saturated carbocycles. The van der Waals surface area contributed by atoms with Crippen LogP contribution in [0.2, 0.25) is 0 Å². The molecule has 1 unspecified atom stereocenters. The van der Waals surface area contributed by atoms with Gasteiger partial charge < -0.3 is 15.4 Å². The molecule has 1 atom stereocenters. The van der Waals surface area contributed by atoms with Crippen molar-refractivity contribution in [3.05, 3.63) is 12.4 Å². The molecule has 0 radical (unpaired) electrons. The zero-order valence-corrected chi connectivity index (χ0v) is 10.5. The van der Waals surface area contributed by atoms with E-state index < -0.39 is 0 Å². The molecule has 5 heteroatoms. The van der Waals surface area contributed by atoms with E-state index in [1.165, 1.54) is 12.8 Å². The van der Waals surface area contributed by atoms with Gasteiger partial charge in [0.2, 0.25) is 0 Å². The van der Waals surface area contributed by atoms with Gasteiger partial charge in [0.1, 0.15) is 0 Å². The summed E-state index contributed by atoms with van der Waals surface area (Å²) in [5.74, 6) is 0.691. The molecule has 0 aromatic carbocycles. The van der Waals surface area contributed by atoms with Crippen LogP contribution in [0.5, 0.6) is 0 Å². The third kappa shape index (κ3) is 4.02. The van der Waals surface area contributed by atoms with Gasteiger partial charge in [0.25, 0.3) is 0 Å². The highest BCUT2D eigenvalue weighted by Gasteiger charge is 2.15. The normalized spacial score (nSPS) is 20.9. The van der Waals surface area contributed by atoms with Gasteiger partial charge in [-0.2, -0.15) is 5.10 Å². The molecule has 5 nitrogen and oxygen atoms in total. The number of hydrogen-bond acceptors (Lipinski definition) is 4. The molecule has 0 aliphatic carbocycles. The Labute approximate surface area is 103 Å². The Kier molecular flexibility index (Phi) is 4.39. The summed E-state index contributed by atoms with van der Waals surface area (Å²) in [6.07, 6.45) is 6.06. The van der Waals surface area contributed by atoms with Crippen LogP contribution >= 0.6 is 0 Å². The minimum absolute atomic E-state index is 0.691. The number of anilines is 1. The Morgan fingerprint density at radius 3 is 3.18 bits per heavy atom. The van der Waals surface area contributed by atoms with Gasteiger partial charge in [0.15, 0.2) is 0 Å². The van der Waals surface area contributed by atoms with Gasteiger partial charge in [-0.05, 0) is 25.8 Å². The van der Waals surface area contributed by atoms with Gasteiger partial charge in [0, 0.05) is 25.9 Å². The van der Waals surface area contributed by atoms with Crippen molar-refractivity contribution >= 4 is 5.69 Å². The van der Waals surface area contributed by atoms with Crippen LogP contribution in [0.4, 0.5) is 5.69 Å². The zero-order chi connectivity index (χ0) is 12.1. The van der Waals surface area contributed by atoms with Crippen molar-refractivity contribution < 1.29 is 4.74 Å². The van der Waals surface area contributed by atoms with Crippen LogP contribution in [0.15, 0.2) is 12.4 Å². The molecule has 17 heavy (non-hydrogen) atoms. The third-order valence-corrected chi connectivity index (χ3v) is 3.19. The van der Waals surface area contributed by atoms with Crippen LogP contribution in [-0.4, -0.2) is 48.0 Å². The molecule has 1 fully saturated rings. The van der Waals surface area contributed by atoms with E-state index in [2.05, 4.69) is 17.0 Å². The number of nitrogen functional groups attached to an aromatic ring is 1. The van der Waals surface area contributed by atoms with Crippen LogP contribution in [0.25, 0.3) is 0 Å². The Bertz CT molecular complexity index is 333. The minimum Gasteiger partial charge on any atom is -0.396 e. The van der Waals surface area contributed by atoms with Crippen molar-refractivity contribution in [3.8, 4) is 0 Å². The highest BCUT2D eigenvalue weighted by Crippen LogP contribution is 2.14. The highest BCUT2D eigenvalue weighted by atomic mass is 16.5. The van der Waals surface area contributed by atoms with Crippen LogP contribution < -0.4 is 5.73 Å². The second kappa shape index (κ2) is 6.02. The molecule has 1 aromatic heterocycles. The Morgan fingerprint density at radius 2 is 2.53 bits per heavy atom. The smallest absolute Gasteiger partial charge is 0.0719 e. The number of rotatable bonds is 5. The first kappa shape index (κ1) is 12.4. The van der Waals surface area contributed by atoms with Crippen molar-refractivity contribution in [1.29, 1.82) is 0 Å². The molecule has 1 aromatic rings. The fourth-order valence-corrected chi connectivity index (χ4v) is 2.26. The fourth-order valence-electron chi connectivity index (χ4n) is 2.26. The standard InChI is InChI=1S/C12H22N4O/c1-15(8-11-3-2-6-17-10-11)4-5-16-9-12(13)7-14-16/h7,9,11H,2-6,8,10,13H2,1H3. The summed E-state index contributed by atoms with van der Waals surface area (Å²) in [5, 5.41) is 4.17. The summed E-state index contributed by atoms with van der Waals surface area (Å²) in [5.41, 5.74) is 6.35. The van der Waals surface area contributed by atoms with Crippen LogP contribution in [0.3, 0.4) is 0 Å². The number of nitrogens with two attached hydrogens (primary N) is 1. The predicted molar refractivity (Wildman–Crippen MR) is 67.7 cm³/mol. The number of hydrogen-bond donors (Lipinski definition) is 1. The van der Waals surface area contributed by atoms with Gasteiger partial charge in [-0.1, -0.05) is 0 Å². The third-order valence-electron chi connectivity index (χ3n) is 3.19. The SMILES string of the molecule is CN(CCn1cc(N)cn1)CC1CCCOC1. The van der Waals surface area contributed by atoms with Gasteiger partial charge in [-0.25, -0.2) is 0 Å². The summed E-state index contributed by atoms with van der Waals surface area (Å²) in [6, 6.07) is 0. The molecule has 0 spiro atoms. The zero-order valence-electron chi connectivity index (χ0n) is 10.5. The summed E-state index contributed by atoms with van der Waals surface area (Å²) in [6.45, 7) is 4.85. The monoisotopic (exact) mass is 238 g/mol. The quantitative estimate of drug-likeness (QED) is 0.825. The molecule has 2 N–H and O–H groups in total. The van der Waals surface area contributed by atoms with E-state index in [1.54, 1.807) is 6.20 Å². The average Bonchev–Trinajstić information content (AvgIpc) is 2.74. The van der Waals surface area contributed by atoms with E-state index >= 15 is 0 Å². The molecular weight excluding hydrogens is 216 g/mol. The van der Waals surface area contributed by atoms with Gasteiger partial charge in [0.05, 0.1) is 25.0 Å². The summed E-state index contributed by atoms with van der Waals surface area (Å²) in [4.78, 5) is 2.34. The number of aromatic nitrogens is 2. The maximum absolute atomic E-state index is 5.62. The molecule has 1 saturated heterocycles. The predicted octanol–water partition coefficient (Wildman–Crippen LogP) is 0.824. The highest BCUT2D eigenvalue weighted by molar-refractivity contribution is 5.30.